The first kappa shape index (κ1) is 18.4. The highest BCUT2D eigenvalue weighted by atomic mass is 32.2. The van der Waals surface area contributed by atoms with Crippen molar-refractivity contribution in [2.45, 2.75) is 26.3 Å². The molecule has 0 saturated carbocycles. The van der Waals surface area contributed by atoms with Gasteiger partial charge in [-0.05, 0) is 11.5 Å². The van der Waals surface area contributed by atoms with Crippen LogP contribution in [0, 0.1) is 5.92 Å². The molecule has 7 heteroatoms. The van der Waals surface area contributed by atoms with Crippen molar-refractivity contribution < 1.29 is 22.9 Å². The largest absolute Gasteiger partial charge is 0.346 e. The Labute approximate surface area is 120 Å². The molecule has 0 aromatic heterocycles. The standard InChI is InChI=1S/C13H17NO2.H2O3S/c1-10(2)12(9-15)14-13(16)8-11-6-4-3-5-7-11;1-4(2)3/h3-7,9-10,12H,8H2,1-2H3,(H,14,16);(H2,1,2,3). The van der Waals surface area contributed by atoms with E-state index in [2.05, 4.69) is 5.32 Å². The molecule has 0 bridgehead atoms. The number of nitrogens with one attached hydrogen (secondary N) is 1. The van der Waals surface area contributed by atoms with Gasteiger partial charge in [0.25, 0.3) is 11.4 Å². The van der Waals surface area contributed by atoms with Crippen molar-refractivity contribution >= 4 is 23.6 Å². The first-order valence-corrected chi connectivity index (χ1v) is 7.01. The summed E-state index contributed by atoms with van der Waals surface area (Å²) in [6.45, 7) is 3.81. The molecular weight excluding hydrogens is 282 g/mol. The zero-order chi connectivity index (χ0) is 15.5. The fourth-order valence-electron chi connectivity index (χ4n) is 1.38. The molecule has 0 spiro atoms. The van der Waals surface area contributed by atoms with Crippen LogP contribution in [0.5, 0.6) is 0 Å². The Morgan fingerprint density at radius 1 is 1.30 bits per heavy atom. The predicted octanol–water partition coefficient (Wildman–Crippen LogP) is 1.25. The number of carbonyl (C=O) groups is 2. The Balaban J connectivity index is 0.000000796. The van der Waals surface area contributed by atoms with Crippen molar-refractivity contribution in [1.29, 1.82) is 0 Å². The molecule has 1 unspecified atom stereocenters. The van der Waals surface area contributed by atoms with E-state index in [-0.39, 0.29) is 11.8 Å². The van der Waals surface area contributed by atoms with Crippen LogP contribution in [0.2, 0.25) is 0 Å². The second-order valence-electron chi connectivity index (χ2n) is 4.37. The summed E-state index contributed by atoms with van der Waals surface area (Å²) in [6, 6.07) is 9.08. The van der Waals surface area contributed by atoms with Crippen molar-refractivity contribution in [3.05, 3.63) is 35.9 Å². The van der Waals surface area contributed by atoms with Gasteiger partial charge in [0, 0.05) is 0 Å². The van der Waals surface area contributed by atoms with E-state index in [1.807, 2.05) is 44.2 Å². The van der Waals surface area contributed by atoms with Gasteiger partial charge in [-0.25, -0.2) is 0 Å². The van der Waals surface area contributed by atoms with Crippen LogP contribution in [0.15, 0.2) is 30.3 Å². The van der Waals surface area contributed by atoms with Gasteiger partial charge in [-0.2, -0.15) is 4.21 Å². The molecule has 0 fully saturated rings. The normalized spacial score (nSPS) is 11.5. The number of benzene rings is 1. The summed E-state index contributed by atoms with van der Waals surface area (Å²) in [5.74, 6) is 0.00854. The summed E-state index contributed by atoms with van der Waals surface area (Å²) in [6.07, 6.45) is 1.10. The fraction of sp³-hybridized carbons (Fsp3) is 0.385. The molecule has 0 saturated heterocycles. The lowest BCUT2D eigenvalue weighted by Gasteiger charge is -2.15. The maximum Gasteiger partial charge on any atom is 0.299 e. The predicted molar refractivity (Wildman–Crippen MR) is 76.4 cm³/mol. The Kier molecular flexibility index (Phi) is 9.44. The molecule has 0 aliphatic rings. The third kappa shape index (κ3) is 9.37. The molecule has 1 rings (SSSR count). The van der Waals surface area contributed by atoms with Gasteiger partial charge >= 0.3 is 0 Å². The van der Waals surface area contributed by atoms with E-state index in [0.717, 1.165) is 11.8 Å². The van der Waals surface area contributed by atoms with E-state index >= 15 is 0 Å². The number of hydrogen-bond acceptors (Lipinski definition) is 3. The minimum atomic E-state index is -2.61. The summed E-state index contributed by atoms with van der Waals surface area (Å²) in [7, 11) is 0. The van der Waals surface area contributed by atoms with Gasteiger partial charge in [-0.1, -0.05) is 44.2 Å². The highest BCUT2D eigenvalue weighted by molar-refractivity contribution is 7.73. The first-order chi connectivity index (χ1) is 9.36. The highest BCUT2D eigenvalue weighted by Gasteiger charge is 2.14. The molecule has 1 aromatic carbocycles. The second-order valence-corrected chi connectivity index (χ2v) is 4.83. The van der Waals surface area contributed by atoms with E-state index in [1.165, 1.54) is 0 Å². The molecule has 1 atom stereocenters. The molecule has 0 aliphatic carbocycles. The monoisotopic (exact) mass is 301 g/mol. The second kappa shape index (κ2) is 10.2. The minimum absolute atomic E-state index is 0.114. The Morgan fingerprint density at radius 2 is 1.80 bits per heavy atom. The fourth-order valence-corrected chi connectivity index (χ4v) is 1.38. The van der Waals surface area contributed by atoms with Crippen LogP contribution in [0.4, 0.5) is 0 Å². The summed E-state index contributed by atoms with van der Waals surface area (Å²) in [5, 5.41) is 2.71. The minimum Gasteiger partial charge on any atom is -0.346 e. The molecule has 0 aliphatic heterocycles. The third-order valence-electron chi connectivity index (χ3n) is 2.40. The van der Waals surface area contributed by atoms with Gasteiger partial charge in [-0.3, -0.25) is 13.9 Å². The maximum absolute atomic E-state index is 11.6. The van der Waals surface area contributed by atoms with Gasteiger partial charge in [-0.15, -0.1) is 0 Å². The molecule has 1 amide bonds. The molecule has 3 N–H and O–H groups in total. The van der Waals surface area contributed by atoms with Crippen molar-refractivity contribution in [3.63, 3.8) is 0 Å². The third-order valence-corrected chi connectivity index (χ3v) is 2.40. The quantitative estimate of drug-likeness (QED) is 0.561. The Morgan fingerprint density at radius 3 is 2.20 bits per heavy atom. The number of carbonyl (C=O) groups excluding carboxylic acids is 2. The smallest absolute Gasteiger partial charge is 0.299 e. The Hall–Kier alpha value is -1.57. The van der Waals surface area contributed by atoms with E-state index in [9.17, 15) is 9.59 Å². The first-order valence-electron chi connectivity index (χ1n) is 5.95. The summed E-state index contributed by atoms with van der Waals surface area (Å²) < 4.78 is 22.8. The van der Waals surface area contributed by atoms with E-state index in [4.69, 9.17) is 13.3 Å². The van der Waals surface area contributed by atoms with E-state index in [0.29, 0.717) is 6.42 Å². The number of aldehydes is 1. The van der Waals surface area contributed by atoms with Gasteiger partial charge in [0.15, 0.2) is 0 Å². The van der Waals surface area contributed by atoms with Gasteiger partial charge in [0.05, 0.1) is 12.5 Å². The summed E-state index contributed by atoms with van der Waals surface area (Å²) >= 11 is -2.61. The van der Waals surface area contributed by atoms with Crippen LogP contribution in [-0.4, -0.2) is 31.5 Å². The molecule has 20 heavy (non-hydrogen) atoms. The van der Waals surface area contributed by atoms with Gasteiger partial charge in [0.2, 0.25) is 5.91 Å². The topological polar surface area (TPSA) is 104 Å². The lowest BCUT2D eigenvalue weighted by atomic mass is 10.1. The van der Waals surface area contributed by atoms with Crippen LogP contribution in [0.25, 0.3) is 0 Å². The van der Waals surface area contributed by atoms with Crippen LogP contribution < -0.4 is 5.32 Å². The average molecular weight is 301 g/mol. The van der Waals surface area contributed by atoms with Crippen molar-refractivity contribution in [2.75, 3.05) is 0 Å². The van der Waals surface area contributed by atoms with Crippen LogP contribution in [0.1, 0.15) is 19.4 Å². The number of rotatable bonds is 5. The SMILES string of the molecule is CC(C)C(C=O)NC(=O)Cc1ccccc1.O=S(O)O. The van der Waals surface area contributed by atoms with E-state index in [1.54, 1.807) is 0 Å². The van der Waals surface area contributed by atoms with E-state index < -0.39 is 17.4 Å². The lowest BCUT2D eigenvalue weighted by Crippen LogP contribution is -2.40. The molecular formula is C13H19NO5S. The lowest BCUT2D eigenvalue weighted by molar-refractivity contribution is -0.124. The highest BCUT2D eigenvalue weighted by Crippen LogP contribution is 2.02. The molecule has 1 aromatic rings. The summed E-state index contributed by atoms with van der Waals surface area (Å²) in [5.41, 5.74) is 0.952. The zero-order valence-electron chi connectivity index (χ0n) is 11.4. The van der Waals surface area contributed by atoms with Crippen molar-refractivity contribution in [2.24, 2.45) is 5.92 Å². The molecule has 0 radical (unpaired) electrons. The molecule has 0 heterocycles. The molecule has 6 nitrogen and oxygen atoms in total. The summed E-state index contributed by atoms with van der Waals surface area (Å²) in [4.78, 5) is 22.3. The van der Waals surface area contributed by atoms with Crippen LogP contribution in [0.3, 0.4) is 0 Å². The molecule has 112 valence electrons. The van der Waals surface area contributed by atoms with Crippen LogP contribution in [-0.2, 0) is 27.4 Å². The van der Waals surface area contributed by atoms with Crippen molar-refractivity contribution in [1.82, 2.24) is 5.32 Å². The number of hydrogen-bond donors (Lipinski definition) is 3. The van der Waals surface area contributed by atoms with Crippen molar-refractivity contribution in [3.8, 4) is 0 Å². The average Bonchev–Trinajstić information content (AvgIpc) is 2.36. The van der Waals surface area contributed by atoms with Gasteiger partial charge in [0.1, 0.15) is 6.29 Å². The zero-order valence-corrected chi connectivity index (χ0v) is 12.2. The van der Waals surface area contributed by atoms with Gasteiger partial charge < -0.3 is 10.1 Å². The maximum atomic E-state index is 11.6. The number of amides is 1. The Bertz CT molecular complexity index is 432. The van der Waals surface area contributed by atoms with Crippen LogP contribution >= 0.6 is 0 Å².